The van der Waals surface area contributed by atoms with Crippen molar-refractivity contribution in [3.63, 3.8) is 0 Å². The van der Waals surface area contributed by atoms with E-state index in [1.54, 1.807) is 23.2 Å². The van der Waals surface area contributed by atoms with Crippen molar-refractivity contribution in [2.45, 2.75) is 13.1 Å². The Morgan fingerprint density at radius 1 is 1.08 bits per heavy atom. The highest BCUT2D eigenvalue weighted by Gasteiger charge is 2.16. The Bertz CT molecular complexity index is 807. The molecule has 0 aliphatic rings. The molecule has 1 aromatic heterocycles. The van der Waals surface area contributed by atoms with E-state index in [1.807, 2.05) is 36.4 Å². The fraction of sp³-hybridized carbons (Fsp3) is 0.158. The van der Waals surface area contributed by atoms with Gasteiger partial charge in [-0.15, -0.1) is 0 Å². The van der Waals surface area contributed by atoms with E-state index in [0.717, 1.165) is 11.3 Å². The van der Waals surface area contributed by atoms with Crippen molar-refractivity contribution < 1.29 is 13.9 Å². The molecule has 3 aromatic rings. The van der Waals surface area contributed by atoms with Gasteiger partial charge in [0, 0.05) is 18.8 Å². The topological polar surface area (TPSA) is 58.2 Å². The lowest BCUT2D eigenvalue weighted by Gasteiger charge is -2.22. The molecule has 6 heteroatoms. The number of carbonyl (C=O) groups is 1. The van der Waals surface area contributed by atoms with Gasteiger partial charge in [0.1, 0.15) is 11.6 Å². The molecule has 25 heavy (non-hydrogen) atoms. The van der Waals surface area contributed by atoms with E-state index >= 15 is 0 Å². The molecule has 0 unspecified atom stereocenters. The monoisotopic (exact) mass is 339 g/mol. The van der Waals surface area contributed by atoms with Gasteiger partial charge in [0.2, 0.25) is 0 Å². The van der Waals surface area contributed by atoms with E-state index in [9.17, 15) is 9.18 Å². The van der Waals surface area contributed by atoms with Gasteiger partial charge in [0.15, 0.2) is 6.61 Å². The van der Waals surface area contributed by atoms with Crippen LogP contribution in [0.3, 0.4) is 0 Å². The molecular weight excluding hydrogens is 321 g/mol. The van der Waals surface area contributed by atoms with Gasteiger partial charge in [0.25, 0.3) is 5.91 Å². The van der Waals surface area contributed by atoms with Crippen LogP contribution in [0.25, 0.3) is 0 Å². The van der Waals surface area contributed by atoms with Gasteiger partial charge < -0.3 is 9.64 Å². The smallest absolute Gasteiger partial charge is 0.261 e. The van der Waals surface area contributed by atoms with Crippen LogP contribution in [0.4, 0.5) is 4.39 Å². The quantitative estimate of drug-likeness (QED) is 0.719. The number of benzene rings is 2. The van der Waals surface area contributed by atoms with Crippen LogP contribution in [0.2, 0.25) is 0 Å². The molecule has 128 valence electrons. The number of nitrogens with zero attached hydrogens (tertiary/aromatic N) is 2. The molecule has 0 radical (unpaired) electrons. The largest absolute Gasteiger partial charge is 0.484 e. The molecule has 1 amide bonds. The number of aromatic amines is 1. The number of aromatic nitrogens is 2. The van der Waals surface area contributed by atoms with Crippen LogP contribution in [0.1, 0.15) is 11.3 Å². The van der Waals surface area contributed by atoms with E-state index in [0.29, 0.717) is 18.8 Å². The van der Waals surface area contributed by atoms with Gasteiger partial charge >= 0.3 is 0 Å². The Morgan fingerprint density at radius 2 is 1.92 bits per heavy atom. The molecule has 0 spiro atoms. The maximum Gasteiger partial charge on any atom is 0.261 e. The standard InChI is InChI=1S/C19H18FN3O2/c20-16-7-4-8-18(11-16)25-14-19(24)23(13-17-9-10-21-22-17)12-15-5-2-1-3-6-15/h1-11H,12-14H2,(H,21,22). The van der Waals surface area contributed by atoms with E-state index < -0.39 is 5.82 Å². The molecule has 3 rings (SSSR count). The molecule has 0 saturated heterocycles. The maximum absolute atomic E-state index is 13.2. The highest BCUT2D eigenvalue weighted by molar-refractivity contribution is 5.77. The Labute approximate surface area is 145 Å². The van der Waals surface area contributed by atoms with E-state index in [-0.39, 0.29) is 12.5 Å². The van der Waals surface area contributed by atoms with Crippen LogP contribution >= 0.6 is 0 Å². The third-order valence-electron chi connectivity index (χ3n) is 3.65. The molecule has 0 bridgehead atoms. The first kappa shape index (κ1) is 16.7. The van der Waals surface area contributed by atoms with Gasteiger partial charge in [-0.2, -0.15) is 5.10 Å². The van der Waals surface area contributed by atoms with Crippen molar-refractivity contribution in [3.8, 4) is 5.75 Å². The van der Waals surface area contributed by atoms with Crippen molar-refractivity contribution in [1.82, 2.24) is 15.1 Å². The second kappa shape index (κ2) is 8.10. The van der Waals surface area contributed by atoms with Crippen molar-refractivity contribution in [3.05, 3.63) is 83.9 Å². The Morgan fingerprint density at radius 3 is 2.64 bits per heavy atom. The summed E-state index contributed by atoms with van der Waals surface area (Å²) in [6.07, 6.45) is 1.64. The Kier molecular flexibility index (Phi) is 5.41. The average Bonchev–Trinajstić information content (AvgIpc) is 3.13. The highest BCUT2D eigenvalue weighted by atomic mass is 19.1. The van der Waals surface area contributed by atoms with Crippen LogP contribution in [-0.4, -0.2) is 27.6 Å². The molecule has 0 atom stereocenters. The fourth-order valence-electron chi connectivity index (χ4n) is 2.41. The molecule has 0 aliphatic heterocycles. The summed E-state index contributed by atoms with van der Waals surface area (Å²) in [7, 11) is 0. The highest BCUT2D eigenvalue weighted by Crippen LogP contribution is 2.13. The number of ether oxygens (including phenoxy) is 1. The lowest BCUT2D eigenvalue weighted by molar-refractivity contribution is -0.134. The second-order valence-electron chi connectivity index (χ2n) is 5.56. The van der Waals surface area contributed by atoms with E-state index in [2.05, 4.69) is 10.2 Å². The third kappa shape index (κ3) is 4.91. The van der Waals surface area contributed by atoms with E-state index in [4.69, 9.17) is 4.74 Å². The van der Waals surface area contributed by atoms with Crippen LogP contribution < -0.4 is 4.74 Å². The SMILES string of the molecule is O=C(COc1cccc(F)c1)N(Cc1ccccc1)Cc1ccn[nH]1. The third-order valence-corrected chi connectivity index (χ3v) is 3.65. The number of nitrogens with one attached hydrogen (secondary N) is 1. The molecule has 2 aromatic carbocycles. The van der Waals surface area contributed by atoms with Gasteiger partial charge in [-0.05, 0) is 23.8 Å². The maximum atomic E-state index is 13.2. The van der Waals surface area contributed by atoms with Crippen molar-refractivity contribution in [2.75, 3.05) is 6.61 Å². The lowest BCUT2D eigenvalue weighted by Crippen LogP contribution is -2.34. The zero-order valence-electron chi connectivity index (χ0n) is 13.6. The van der Waals surface area contributed by atoms with Crippen molar-refractivity contribution >= 4 is 5.91 Å². The summed E-state index contributed by atoms with van der Waals surface area (Å²) in [5, 5.41) is 6.76. The van der Waals surface area contributed by atoms with E-state index in [1.165, 1.54) is 12.1 Å². The first-order chi connectivity index (χ1) is 12.2. The molecule has 0 fully saturated rings. The molecule has 0 aliphatic carbocycles. The summed E-state index contributed by atoms with van der Waals surface area (Å²) in [5.74, 6) is -0.263. The van der Waals surface area contributed by atoms with Gasteiger partial charge in [-0.1, -0.05) is 36.4 Å². The summed E-state index contributed by atoms with van der Waals surface area (Å²) in [4.78, 5) is 14.3. The second-order valence-corrected chi connectivity index (χ2v) is 5.56. The number of H-pyrrole nitrogens is 1. The number of hydrogen-bond acceptors (Lipinski definition) is 3. The predicted octanol–water partition coefficient (Wildman–Crippen LogP) is 3.16. The van der Waals surface area contributed by atoms with Crippen LogP contribution in [-0.2, 0) is 17.9 Å². The summed E-state index contributed by atoms with van der Waals surface area (Å²) in [6.45, 7) is 0.676. The van der Waals surface area contributed by atoms with Gasteiger partial charge in [0.05, 0.1) is 12.2 Å². The fourth-order valence-corrected chi connectivity index (χ4v) is 2.41. The zero-order chi connectivity index (χ0) is 17.5. The first-order valence-corrected chi connectivity index (χ1v) is 7.89. The molecule has 5 nitrogen and oxygen atoms in total. The lowest BCUT2D eigenvalue weighted by atomic mass is 10.2. The Balaban J connectivity index is 1.67. The minimum atomic E-state index is -0.399. The normalized spacial score (nSPS) is 10.4. The van der Waals surface area contributed by atoms with Crippen molar-refractivity contribution in [1.29, 1.82) is 0 Å². The van der Waals surface area contributed by atoms with Crippen molar-refractivity contribution in [2.24, 2.45) is 0 Å². The minimum absolute atomic E-state index is 0.162. The van der Waals surface area contributed by atoms with Crippen LogP contribution in [0.15, 0.2) is 66.9 Å². The number of hydrogen-bond donors (Lipinski definition) is 1. The minimum Gasteiger partial charge on any atom is -0.484 e. The van der Waals surface area contributed by atoms with Gasteiger partial charge in [-0.25, -0.2) is 4.39 Å². The zero-order valence-corrected chi connectivity index (χ0v) is 13.6. The molecule has 1 N–H and O–H groups in total. The summed E-state index contributed by atoms with van der Waals surface area (Å²) in [6, 6.07) is 17.3. The Hall–Kier alpha value is -3.15. The summed E-state index contributed by atoms with van der Waals surface area (Å²) < 4.78 is 18.6. The predicted molar refractivity (Wildman–Crippen MR) is 91.2 cm³/mol. The number of amides is 1. The summed E-state index contributed by atoms with van der Waals surface area (Å²) >= 11 is 0. The van der Waals surface area contributed by atoms with Crippen LogP contribution in [0, 0.1) is 5.82 Å². The number of halogens is 1. The number of rotatable bonds is 7. The molecule has 0 saturated carbocycles. The molecule has 1 heterocycles. The van der Waals surface area contributed by atoms with Gasteiger partial charge in [-0.3, -0.25) is 9.89 Å². The first-order valence-electron chi connectivity index (χ1n) is 7.89. The van der Waals surface area contributed by atoms with Crippen LogP contribution in [0.5, 0.6) is 5.75 Å². The molecular formula is C19H18FN3O2. The summed E-state index contributed by atoms with van der Waals surface area (Å²) in [5.41, 5.74) is 1.84. The number of carbonyl (C=O) groups excluding carboxylic acids is 1. The average molecular weight is 339 g/mol.